The summed E-state index contributed by atoms with van der Waals surface area (Å²) in [6.07, 6.45) is 0. The first-order chi connectivity index (χ1) is 35.3. The molecule has 2 heteroatoms. The van der Waals surface area contributed by atoms with Gasteiger partial charge in [0, 0.05) is 44.2 Å². The van der Waals surface area contributed by atoms with Crippen molar-refractivity contribution in [3.8, 4) is 44.5 Å². The van der Waals surface area contributed by atoms with Crippen LogP contribution in [0.5, 0.6) is 0 Å². The highest BCUT2D eigenvalue weighted by molar-refractivity contribution is 6.25. The third-order valence-corrected chi connectivity index (χ3v) is 15.0. The molecule has 0 spiro atoms. The second-order valence-corrected chi connectivity index (χ2v) is 18.7. The van der Waals surface area contributed by atoms with Gasteiger partial charge in [0.15, 0.2) is 0 Å². The first-order valence-corrected chi connectivity index (χ1v) is 24.6. The maximum atomic E-state index is 2.48. The molecule has 14 rings (SSSR count). The fourth-order valence-corrected chi connectivity index (χ4v) is 12.1. The summed E-state index contributed by atoms with van der Waals surface area (Å²) in [5.74, 6) is 0. The molecule has 0 bridgehead atoms. The number of nitrogens with zero attached hydrogens (tertiary/aromatic N) is 2. The third kappa shape index (κ3) is 6.28. The van der Waals surface area contributed by atoms with Crippen LogP contribution in [0.4, 0.5) is 17.1 Å². The van der Waals surface area contributed by atoms with E-state index in [2.05, 4.69) is 288 Å². The van der Waals surface area contributed by atoms with E-state index in [0.717, 1.165) is 28.2 Å². The van der Waals surface area contributed by atoms with Crippen molar-refractivity contribution in [3.63, 3.8) is 0 Å². The predicted octanol–water partition coefficient (Wildman–Crippen LogP) is 18.2. The van der Waals surface area contributed by atoms with Crippen molar-refractivity contribution in [2.45, 2.75) is 5.41 Å². The van der Waals surface area contributed by atoms with Gasteiger partial charge in [0.2, 0.25) is 0 Å². The Bertz CT molecular complexity index is 4100. The fourth-order valence-electron chi connectivity index (χ4n) is 12.1. The summed E-state index contributed by atoms with van der Waals surface area (Å²) in [6, 6.07) is 103. The molecule has 0 amide bonds. The van der Waals surface area contributed by atoms with Crippen molar-refractivity contribution in [3.05, 3.63) is 301 Å². The molecule has 2 nitrogen and oxygen atoms in total. The number of hydrogen-bond donors (Lipinski definition) is 0. The van der Waals surface area contributed by atoms with Crippen molar-refractivity contribution < 1.29 is 0 Å². The highest BCUT2D eigenvalue weighted by atomic mass is 15.1. The maximum Gasteiger partial charge on any atom is 0.0714 e. The highest BCUT2D eigenvalue weighted by Crippen LogP contribution is 2.57. The molecule has 71 heavy (non-hydrogen) atoms. The van der Waals surface area contributed by atoms with Gasteiger partial charge < -0.3 is 9.30 Å². The van der Waals surface area contributed by atoms with Gasteiger partial charge in [0.1, 0.15) is 0 Å². The molecule has 0 unspecified atom stereocenters. The van der Waals surface area contributed by atoms with Gasteiger partial charge in [-0.15, -0.1) is 0 Å². The Morgan fingerprint density at radius 1 is 0.296 bits per heavy atom. The molecule has 332 valence electrons. The number of rotatable bonds is 8. The zero-order valence-electron chi connectivity index (χ0n) is 39.0. The fraction of sp³-hybridized carbons (Fsp3) is 0.0145. The van der Waals surface area contributed by atoms with E-state index in [1.807, 2.05) is 0 Å². The molecule has 0 radical (unpaired) electrons. The van der Waals surface area contributed by atoms with Gasteiger partial charge in [-0.05, 0) is 110 Å². The molecule has 11 aromatic carbocycles. The minimum atomic E-state index is -0.501. The van der Waals surface area contributed by atoms with Gasteiger partial charge >= 0.3 is 0 Å². The Morgan fingerprint density at radius 2 is 0.803 bits per heavy atom. The van der Waals surface area contributed by atoms with Crippen LogP contribution in [0.25, 0.3) is 82.6 Å². The highest BCUT2D eigenvalue weighted by Gasteiger charge is 2.46. The Morgan fingerprint density at radius 3 is 1.54 bits per heavy atom. The van der Waals surface area contributed by atoms with E-state index in [1.54, 1.807) is 0 Å². The summed E-state index contributed by atoms with van der Waals surface area (Å²) in [7, 11) is 0. The number of pyridine rings is 1. The molecule has 0 saturated heterocycles. The Balaban J connectivity index is 0.903. The molecular weight excluding hydrogens is 857 g/mol. The monoisotopic (exact) mass is 902 g/mol. The molecule has 1 aliphatic carbocycles. The Labute approximate surface area is 413 Å². The number of benzene rings is 11. The third-order valence-electron chi connectivity index (χ3n) is 15.0. The first kappa shape index (κ1) is 40.8. The van der Waals surface area contributed by atoms with Gasteiger partial charge in [0.05, 0.1) is 22.0 Å². The quantitative estimate of drug-likeness (QED) is 0.138. The van der Waals surface area contributed by atoms with E-state index >= 15 is 0 Å². The topological polar surface area (TPSA) is 7.65 Å². The van der Waals surface area contributed by atoms with Gasteiger partial charge in [-0.2, -0.15) is 0 Å². The number of hydrogen-bond acceptors (Lipinski definition) is 1. The van der Waals surface area contributed by atoms with Crippen molar-refractivity contribution in [1.29, 1.82) is 0 Å². The second-order valence-electron chi connectivity index (χ2n) is 18.7. The lowest BCUT2D eigenvalue weighted by atomic mass is 9.67. The molecule has 13 aromatic rings. The molecule has 0 aliphatic heterocycles. The largest absolute Gasteiger partial charge is 0.310 e. The van der Waals surface area contributed by atoms with Crippen molar-refractivity contribution in [2.75, 3.05) is 4.90 Å². The van der Waals surface area contributed by atoms with Crippen LogP contribution in [0.1, 0.15) is 22.3 Å². The predicted molar refractivity (Wildman–Crippen MR) is 298 cm³/mol. The minimum Gasteiger partial charge on any atom is -0.310 e. The molecule has 2 aromatic heterocycles. The molecular formula is C69H46N2. The van der Waals surface area contributed by atoms with Crippen LogP contribution in [0.15, 0.2) is 279 Å². The van der Waals surface area contributed by atoms with E-state index in [-0.39, 0.29) is 0 Å². The minimum absolute atomic E-state index is 0.501. The average Bonchev–Trinajstić information content (AvgIpc) is 3.96. The summed E-state index contributed by atoms with van der Waals surface area (Å²) in [6.45, 7) is 0. The van der Waals surface area contributed by atoms with Gasteiger partial charge in [-0.3, -0.25) is 0 Å². The van der Waals surface area contributed by atoms with Crippen LogP contribution in [0, 0.1) is 0 Å². The zero-order chi connectivity index (χ0) is 46.9. The van der Waals surface area contributed by atoms with Crippen LogP contribution in [-0.2, 0) is 5.41 Å². The van der Waals surface area contributed by atoms with Crippen LogP contribution < -0.4 is 4.90 Å². The average molecular weight is 903 g/mol. The molecule has 0 saturated carbocycles. The SMILES string of the molecule is c1ccc(-c2c3ccccc3n3c4ccccc4c4c(-c5ccc(-c6cccc(N(c7ccccc7)c7ccc8c(c7)C(c7ccccc7)(c7ccccc7)c7ccccc7-8)c6)cc5)cccc4c23)cc1. The smallest absolute Gasteiger partial charge is 0.0714 e. The lowest BCUT2D eigenvalue weighted by Gasteiger charge is -2.35. The Hall–Kier alpha value is -9.24. The summed E-state index contributed by atoms with van der Waals surface area (Å²) in [5, 5.41) is 5.01. The molecule has 0 fully saturated rings. The van der Waals surface area contributed by atoms with E-state index in [1.165, 1.54) is 93.7 Å². The van der Waals surface area contributed by atoms with Crippen LogP contribution in [0.3, 0.4) is 0 Å². The van der Waals surface area contributed by atoms with Gasteiger partial charge in [0.25, 0.3) is 0 Å². The Kier molecular flexibility index (Phi) is 9.47. The lowest BCUT2D eigenvalue weighted by molar-refractivity contribution is 0.768. The maximum absolute atomic E-state index is 2.48. The first-order valence-electron chi connectivity index (χ1n) is 24.6. The molecule has 0 N–H and O–H groups in total. The van der Waals surface area contributed by atoms with Crippen molar-refractivity contribution >= 4 is 55.2 Å². The number of aromatic nitrogens is 1. The van der Waals surface area contributed by atoms with E-state index in [4.69, 9.17) is 0 Å². The number of para-hydroxylation sites is 3. The summed E-state index contributed by atoms with van der Waals surface area (Å²) in [5.41, 5.74) is 21.3. The molecule has 1 aliphatic rings. The van der Waals surface area contributed by atoms with Crippen molar-refractivity contribution in [1.82, 2.24) is 4.40 Å². The van der Waals surface area contributed by atoms with E-state index in [9.17, 15) is 0 Å². The van der Waals surface area contributed by atoms with Crippen LogP contribution >= 0.6 is 0 Å². The van der Waals surface area contributed by atoms with Crippen molar-refractivity contribution in [2.24, 2.45) is 0 Å². The van der Waals surface area contributed by atoms with Crippen LogP contribution in [0.2, 0.25) is 0 Å². The van der Waals surface area contributed by atoms with Gasteiger partial charge in [-0.25, -0.2) is 0 Å². The zero-order valence-corrected chi connectivity index (χ0v) is 39.0. The number of anilines is 3. The standard InChI is InChI=1S/C69H46N2/c1-5-21-49(22-6-1)66-59-32-14-17-37-64(59)71-65-38-18-15-33-60(65)67-56(34-20-35-61(67)68(66)71)48-41-39-47(40-42-48)50-23-19-30-54(45-50)70(53-28-11-4-12-29-53)55-43-44-58-57-31-13-16-36-62(57)69(63(58)46-55,51-24-7-2-8-25-51)52-26-9-3-10-27-52/h1-46H. The molecule has 2 heterocycles. The lowest BCUT2D eigenvalue weighted by Crippen LogP contribution is -2.28. The van der Waals surface area contributed by atoms with E-state index < -0.39 is 5.41 Å². The normalized spacial score (nSPS) is 12.6. The van der Waals surface area contributed by atoms with Crippen LogP contribution in [-0.4, -0.2) is 4.40 Å². The summed E-state index contributed by atoms with van der Waals surface area (Å²) < 4.78 is 2.48. The summed E-state index contributed by atoms with van der Waals surface area (Å²) >= 11 is 0. The summed E-state index contributed by atoms with van der Waals surface area (Å²) in [4.78, 5) is 2.42. The molecule has 0 atom stereocenters. The second kappa shape index (κ2) is 16.5. The van der Waals surface area contributed by atoms with Gasteiger partial charge in [-0.1, -0.05) is 231 Å². The number of fused-ring (bicyclic) bond motifs is 11. The van der Waals surface area contributed by atoms with E-state index in [0.29, 0.717) is 0 Å².